The van der Waals surface area contributed by atoms with Gasteiger partial charge in [-0.15, -0.1) is 22.9 Å². The number of benzene rings is 1. The molecule has 0 aliphatic carbocycles. The third kappa shape index (κ3) is 7.70. The molecule has 1 aromatic heterocycles. The zero-order valence-electron chi connectivity index (χ0n) is 19.3. The van der Waals surface area contributed by atoms with Crippen LogP contribution in [-0.4, -0.2) is 77.2 Å². The molecule has 18 heteroatoms. The second kappa shape index (κ2) is 13.3. The number of oxime groups is 1. The topological polar surface area (TPSA) is 199 Å². The fourth-order valence-electron chi connectivity index (χ4n) is 2.99. The van der Waals surface area contributed by atoms with E-state index < -0.39 is 52.6 Å². The molecule has 3 N–H and O–H groups in total. The van der Waals surface area contributed by atoms with Crippen LogP contribution in [0.2, 0.25) is 0 Å². The number of alkyl halides is 1. The van der Waals surface area contributed by atoms with Gasteiger partial charge in [0.25, 0.3) is 11.8 Å². The first-order valence-electron chi connectivity index (χ1n) is 9.91. The SMILES string of the molecule is CON=C(C(=O)N[C@@H](C(=O)NC1CN(S(=O)(=O)[O-])C1=O)c1ccccc1)c1csc(NC(=O)CCl)n1.[Na+]. The Morgan fingerprint density at radius 1 is 1.32 bits per heavy atom. The average molecular weight is 581 g/mol. The van der Waals surface area contributed by atoms with Crippen molar-refractivity contribution in [2.45, 2.75) is 12.1 Å². The molecule has 1 aliphatic heterocycles. The van der Waals surface area contributed by atoms with E-state index in [0.717, 1.165) is 11.3 Å². The maximum Gasteiger partial charge on any atom is 1.00 e. The molecule has 1 aliphatic rings. The predicted octanol–water partition coefficient (Wildman–Crippen LogP) is -3.68. The van der Waals surface area contributed by atoms with Crippen LogP contribution in [-0.2, 0) is 34.3 Å². The number of β-lactam (4-membered cyclic amide) rings is 1. The molecule has 0 radical (unpaired) electrons. The number of halogens is 1. The number of thiazole rings is 1. The Labute approximate surface area is 241 Å². The molecule has 3 rings (SSSR count). The molecule has 0 saturated carbocycles. The molecule has 2 aromatic rings. The van der Waals surface area contributed by atoms with Gasteiger partial charge in [-0.2, -0.15) is 0 Å². The van der Waals surface area contributed by atoms with Crippen LogP contribution in [0, 0.1) is 0 Å². The Hall–Kier alpha value is -2.60. The van der Waals surface area contributed by atoms with Crippen LogP contribution < -0.4 is 45.5 Å². The normalized spacial score (nSPS) is 16.1. The molecule has 4 amide bonds. The van der Waals surface area contributed by atoms with Crippen molar-refractivity contribution in [1.82, 2.24) is 19.9 Å². The summed E-state index contributed by atoms with van der Waals surface area (Å²) >= 11 is 6.45. The van der Waals surface area contributed by atoms with Crippen LogP contribution >= 0.6 is 22.9 Å². The first kappa shape index (κ1) is 30.6. The minimum Gasteiger partial charge on any atom is -0.731 e. The summed E-state index contributed by atoms with van der Waals surface area (Å²) in [5.74, 6) is -3.63. The van der Waals surface area contributed by atoms with E-state index in [1.54, 1.807) is 18.2 Å². The Morgan fingerprint density at radius 3 is 2.57 bits per heavy atom. The second-order valence-electron chi connectivity index (χ2n) is 7.05. The molecule has 1 fully saturated rings. The summed E-state index contributed by atoms with van der Waals surface area (Å²) in [4.78, 5) is 58.4. The van der Waals surface area contributed by atoms with Gasteiger partial charge in [0.2, 0.25) is 11.8 Å². The zero-order chi connectivity index (χ0) is 26.5. The predicted molar refractivity (Wildman–Crippen MR) is 126 cm³/mol. The number of carbonyl (C=O) groups excluding carboxylic acids is 4. The van der Waals surface area contributed by atoms with E-state index in [1.165, 1.54) is 24.6 Å². The fraction of sp³-hybridized carbons (Fsp3) is 0.263. The first-order valence-corrected chi connectivity index (χ1v) is 12.7. The van der Waals surface area contributed by atoms with E-state index in [9.17, 15) is 32.1 Å². The van der Waals surface area contributed by atoms with Gasteiger partial charge < -0.3 is 25.3 Å². The maximum absolute atomic E-state index is 13.1. The van der Waals surface area contributed by atoms with Crippen molar-refractivity contribution < 1.29 is 66.5 Å². The van der Waals surface area contributed by atoms with Crippen LogP contribution in [0.15, 0.2) is 40.9 Å². The molecule has 37 heavy (non-hydrogen) atoms. The average Bonchev–Trinajstić information content (AvgIpc) is 3.30. The van der Waals surface area contributed by atoms with Crippen molar-refractivity contribution >= 4 is 67.7 Å². The number of amides is 4. The number of nitrogens with one attached hydrogen (secondary N) is 3. The van der Waals surface area contributed by atoms with E-state index in [2.05, 4.69) is 26.1 Å². The maximum atomic E-state index is 13.1. The van der Waals surface area contributed by atoms with Crippen LogP contribution in [0.4, 0.5) is 5.13 Å². The summed E-state index contributed by atoms with van der Waals surface area (Å²) in [7, 11) is -3.80. The molecule has 0 bridgehead atoms. The van der Waals surface area contributed by atoms with Crippen molar-refractivity contribution in [2.24, 2.45) is 5.16 Å². The Kier molecular flexibility index (Phi) is 11.0. The third-order valence-corrected chi connectivity index (χ3v) is 6.53. The Bertz CT molecular complexity index is 1310. The minimum atomic E-state index is -4.99. The summed E-state index contributed by atoms with van der Waals surface area (Å²) in [6.07, 6.45) is 0. The summed E-state index contributed by atoms with van der Waals surface area (Å²) < 4.78 is 33.2. The number of hydrogen-bond acceptors (Lipinski definition) is 11. The van der Waals surface area contributed by atoms with Crippen LogP contribution in [0.5, 0.6) is 0 Å². The van der Waals surface area contributed by atoms with Crippen LogP contribution in [0.25, 0.3) is 0 Å². The Balaban J connectivity index is 0.00000481. The van der Waals surface area contributed by atoms with Gasteiger partial charge in [0.05, 0.1) is 6.54 Å². The molecule has 1 unspecified atom stereocenters. The summed E-state index contributed by atoms with van der Waals surface area (Å²) in [5.41, 5.74) is 0.0349. The smallest absolute Gasteiger partial charge is 0.731 e. The first-order chi connectivity index (χ1) is 17.0. The van der Waals surface area contributed by atoms with Gasteiger partial charge in [-0.05, 0) is 5.56 Å². The molecular formula is C19H18ClN6NaO8S2. The second-order valence-corrected chi connectivity index (χ2v) is 9.47. The molecule has 192 valence electrons. The van der Waals surface area contributed by atoms with E-state index in [1.807, 2.05) is 0 Å². The van der Waals surface area contributed by atoms with E-state index in [4.69, 9.17) is 16.4 Å². The van der Waals surface area contributed by atoms with Crippen molar-refractivity contribution in [1.29, 1.82) is 0 Å². The number of nitrogens with zero attached hydrogens (tertiary/aromatic N) is 3. The summed E-state index contributed by atoms with van der Waals surface area (Å²) in [6.45, 7) is -0.530. The van der Waals surface area contributed by atoms with Gasteiger partial charge in [0.1, 0.15) is 30.8 Å². The monoisotopic (exact) mass is 580 g/mol. The molecule has 0 spiro atoms. The molecule has 1 aromatic carbocycles. The zero-order valence-corrected chi connectivity index (χ0v) is 23.7. The van der Waals surface area contributed by atoms with Crippen molar-refractivity contribution in [2.75, 3.05) is 24.9 Å². The number of rotatable bonds is 10. The number of carbonyl (C=O) groups is 4. The van der Waals surface area contributed by atoms with E-state index >= 15 is 0 Å². The number of anilines is 1. The van der Waals surface area contributed by atoms with Crippen molar-refractivity contribution in [3.8, 4) is 0 Å². The third-order valence-electron chi connectivity index (χ3n) is 4.66. The van der Waals surface area contributed by atoms with Crippen molar-refractivity contribution in [3.63, 3.8) is 0 Å². The molecule has 1 saturated heterocycles. The number of hydrogen-bond donors (Lipinski definition) is 3. The minimum absolute atomic E-state index is 0. The standard InChI is InChI=1S/C19H19ClN6O8S2.Na/c1-34-25-15(12-9-35-19(22-12)23-13(27)7-20)17(29)24-14(10-5-3-2-4-6-10)16(28)21-11-8-26(18(11)30)36(31,32)33;/h2-6,9,11,14H,7-8H2,1H3,(H,21,28)(H,24,29)(H,22,23,27)(H,31,32,33);/q;+1/p-1/t11?,14-;/m1./s1. The van der Waals surface area contributed by atoms with E-state index in [-0.39, 0.29) is 56.3 Å². The largest absolute Gasteiger partial charge is 1.00 e. The Morgan fingerprint density at radius 2 is 2.00 bits per heavy atom. The molecule has 2 heterocycles. The van der Waals surface area contributed by atoms with Crippen LogP contribution in [0.1, 0.15) is 17.3 Å². The fourth-order valence-corrected chi connectivity index (χ4v) is 4.45. The molecule has 2 atom stereocenters. The summed E-state index contributed by atoms with van der Waals surface area (Å²) in [6, 6.07) is 5.37. The van der Waals surface area contributed by atoms with Gasteiger partial charge >= 0.3 is 29.6 Å². The molecule has 14 nitrogen and oxygen atoms in total. The molecular weight excluding hydrogens is 563 g/mol. The number of aromatic nitrogens is 1. The van der Waals surface area contributed by atoms with E-state index in [0.29, 0.717) is 5.56 Å². The van der Waals surface area contributed by atoms with Crippen molar-refractivity contribution in [3.05, 3.63) is 47.0 Å². The van der Waals surface area contributed by atoms with Gasteiger partial charge in [0.15, 0.2) is 21.1 Å². The van der Waals surface area contributed by atoms with Gasteiger partial charge in [-0.3, -0.25) is 19.2 Å². The van der Waals surface area contributed by atoms with Gasteiger partial charge in [0, 0.05) is 5.38 Å². The van der Waals surface area contributed by atoms with Crippen LogP contribution in [0.3, 0.4) is 0 Å². The van der Waals surface area contributed by atoms with Gasteiger partial charge in [-0.25, -0.2) is 17.7 Å². The summed E-state index contributed by atoms with van der Waals surface area (Å²) in [5, 5.41) is 12.5. The quantitative estimate of drug-likeness (QED) is 0.0632. The van der Waals surface area contributed by atoms with Gasteiger partial charge in [-0.1, -0.05) is 35.5 Å².